The van der Waals surface area contributed by atoms with Gasteiger partial charge in [0.25, 0.3) is 0 Å². The van der Waals surface area contributed by atoms with Crippen LogP contribution in [0.2, 0.25) is 0 Å². The molecule has 6 heteroatoms. The van der Waals surface area contributed by atoms with Gasteiger partial charge in [0, 0.05) is 12.1 Å². The Morgan fingerprint density at radius 2 is 2.17 bits per heavy atom. The molecule has 18 heavy (non-hydrogen) atoms. The summed E-state index contributed by atoms with van der Waals surface area (Å²) in [6.45, 7) is 4.82. The van der Waals surface area contributed by atoms with E-state index < -0.39 is 5.97 Å². The van der Waals surface area contributed by atoms with Gasteiger partial charge in [-0.3, -0.25) is 4.79 Å². The molecule has 0 fully saturated rings. The van der Waals surface area contributed by atoms with Gasteiger partial charge in [-0.05, 0) is 19.4 Å². The number of rotatable bonds is 7. The Hall–Kier alpha value is -1.82. The van der Waals surface area contributed by atoms with Gasteiger partial charge in [-0.1, -0.05) is 6.92 Å². The van der Waals surface area contributed by atoms with Gasteiger partial charge in [0.2, 0.25) is 11.7 Å². The highest BCUT2D eigenvalue weighted by atomic mass is 16.4. The van der Waals surface area contributed by atoms with Crippen LogP contribution in [0.3, 0.4) is 0 Å². The molecule has 100 valence electrons. The molecule has 0 unspecified atom stereocenters. The molecule has 0 aromatic carbocycles. The molecule has 0 saturated carbocycles. The van der Waals surface area contributed by atoms with Crippen molar-refractivity contribution >= 4 is 11.9 Å². The van der Waals surface area contributed by atoms with Crippen LogP contribution >= 0.6 is 0 Å². The number of hydrogen-bond acceptors (Lipinski definition) is 4. The quantitative estimate of drug-likeness (QED) is 0.672. The van der Waals surface area contributed by atoms with Crippen LogP contribution in [0, 0.1) is 6.92 Å². The first kappa shape index (κ1) is 14.2. The number of carboxylic acids is 1. The first-order valence-corrected chi connectivity index (χ1v) is 5.84. The highest BCUT2D eigenvalue weighted by molar-refractivity contribution is 5.86. The Balaban J connectivity index is 2.38. The lowest BCUT2D eigenvalue weighted by Gasteiger charge is -2.03. The molecule has 0 aliphatic carbocycles. The third-order valence-electron chi connectivity index (χ3n) is 2.32. The van der Waals surface area contributed by atoms with E-state index >= 15 is 0 Å². The van der Waals surface area contributed by atoms with E-state index in [0.717, 1.165) is 6.42 Å². The SMILES string of the molecule is CCCNC(=O)CNCc1cc(C)c(C(=O)O)o1. The third kappa shape index (κ3) is 4.21. The monoisotopic (exact) mass is 254 g/mol. The summed E-state index contributed by atoms with van der Waals surface area (Å²) in [6, 6.07) is 1.65. The maximum atomic E-state index is 11.3. The fraction of sp³-hybridized carbons (Fsp3) is 0.500. The molecule has 0 atom stereocenters. The van der Waals surface area contributed by atoms with Gasteiger partial charge in [-0.2, -0.15) is 0 Å². The number of carbonyl (C=O) groups excluding carboxylic acids is 1. The highest BCUT2D eigenvalue weighted by Crippen LogP contribution is 2.14. The second-order valence-corrected chi connectivity index (χ2v) is 3.98. The summed E-state index contributed by atoms with van der Waals surface area (Å²) in [4.78, 5) is 22.0. The topological polar surface area (TPSA) is 91.6 Å². The van der Waals surface area contributed by atoms with Crippen molar-refractivity contribution in [3.63, 3.8) is 0 Å². The third-order valence-corrected chi connectivity index (χ3v) is 2.32. The molecule has 0 spiro atoms. The highest BCUT2D eigenvalue weighted by Gasteiger charge is 2.14. The fourth-order valence-corrected chi connectivity index (χ4v) is 1.47. The molecule has 3 N–H and O–H groups in total. The maximum Gasteiger partial charge on any atom is 0.372 e. The summed E-state index contributed by atoms with van der Waals surface area (Å²) >= 11 is 0. The Kier molecular flexibility index (Phi) is 5.38. The number of furan rings is 1. The average molecular weight is 254 g/mol. The van der Waals surface area contributed by atoms with Crippen LogP contribution in [0.5, 0.6) is 0 Å². The normalized spacial score (nSPS) is 10.3. The van der Waals surface area contributed by atoms with Crippen molar-refractivity contribution in [1.29, 1.82) is 0 Å². The van der Waals surface area contributed by atoms with Gasteiger partial charge < -0.3 is 20.2 Å². The van der Waals surface area contributed by atoms with E-state index in [2.05, 4.69) is 10.6 Å². The summed E-state index contributed by atoms with van der Waals surface area (Å²) in [5, 5.41) is 14.4. The van der Waals surface area contributed by atoms with Crippen LogP contribution in [-0.2, 0) is 11.3 Å². The lowest BCUT2D eigenvalue weighted by Crippen LogP contribution is -2.33. The van der Waals surface area contributed by atoms with Gasteiger partial charge in [0.05, 0.1) is 13.1 Å². The zero-order valence-corrected chi connectivity index (χ0v) is 10.6. The molecule has 1 aromatic rings. The Labute approximate surface area is 105 Å². The van der Waals surface area contributed by atoms with E-state index in [4.69, 9.17) is 9.52 Å². The smallest absolute Gasteiger partial charge is 0.372 e. The molecular weight excluding hydrogens is 236 g/mol. The maximum absolute atomic E-state index is 11.3. The molecule has 6 nitrogen and oxygen atoms in total. The predicted octanol–water partition coefficient (Wildman–Crippen LogP) is 0.902. The second-order valence-electron chi connectivity index (χ2n) is 3.98. The predicted molar refractivity (Wildman–Crippen MR) is 65.4 cm³/mol. The van der Waals surface area contributed by atoms with E-state index in [-0.39, 0.29) is 18.2 Å². The number of aryl methyl sites for hydroxylation is 1. The molecule has 1 aromatic heterocycles. The summed E-state index contributed by atoms with van der Waals surface area (Å²) in [6.07, 6.45) is 0.894. The minimum Gasteiger partial charge on any atom is -0.475 e. The number of hydrogen-bond donors (Lipinski definition) is 3. The van der Waals surface area contributed by atoms with Crippen LogP contribution in [0.1, 0.15) is 35.2 Å². The molecule has 1 heterocycles. The summed E-state index contributed by atoms with van der Waals surface area (Å²) in [5.41, 5.74) is 0.578. The lowest BCUT2D eigenvalue weighted by atomic mass is 10.2. The number of amides is 1. The number of nitrogens with one attached hydrogen (secondary N) is 2. The number of carbonyl (C=O) groups is 2. The van der Waals surface area contributed by atoms with Crippen molar-refractivity contribution in [1.82, 2.24) is 10.6 Å². The Bertz CT molecular complexity index is 426. The van der Waals surface area contributed by atoms with Crippen molar-refractivity contribution in [3.05, 3.63) is 23.2 Å². The van der Waals surface area contributed by atoms with E-state index in [1.54, 1.807) is 13.0 Å². The molecule has 1 amide bonds. The van der Waals surface area contributed by atoms with Crippen LogP contribution in [0.15, 0.2) is 10.5 Å². The number of aromatic carboxylic acids is 1. The van der Waals surface area contributed by atoms with Gasteiger partial charge in [0.1, 0.15) is 5.76 Å². The minimum atomic E-state index is -1.08. The second kappa shape index (κ2) is 6.80. The molecular formula is C12H18N2O4. The van der Waals surface area contributed by atoms with Gasteiger partial charge in [-0.25, -0.2) is 4.79 Å². The van der Waals surface area contributed by atoms with E-state index in [1.807, 2.05) is 6.92 Å². The first-order chi connectivity index (χ1) is 8.54. The van der Waals surface area contributed by atoms with Crippen LogP contribution in [-0.4, -0.2) is 30.1 Å². The van der Waals surface area contributed by atoms with E-state index in [9.17, 15) is 9.59 Å². The first-order valence-electron chi connectivity index (χ1n) is 5.84. The van der Waals surface area contributed by atoms with E-state index in [0.29, 0.717) is 24.4 Å². The van der Waals surface area contributed by atoms with Gasteiger partial charge in [0.15, 0.2) is 0 Å². The summed E-state index contributed by atoms with van der Waals surface area (Å²) < 4.78 is 5.15. The number of carboxylic acid groups (broad SMARTS) is 1. The van der Waals surface area contributed by atoms with E-state index in [1.165, 1.54) is 0 Å². The molecule has 0 saturated heterocycles. The Morgan fingerprint density at radius 3 is 2.72 bits per heavy atom. The summed E-state index contributed by atoms with van der Waals surface area (Å²) in [5.74, 6) is -0.714. The largest absolute Gasteiger partial charge is 0.475 e. The minimum absolute atomic E-state index is 0.0535. The van der Waals surface area contributed by atoms with Crippen LogP contribution in [0.4, 0.5) is 0 Å². The molecule has 0 bridgehead atoms. The standard InChI is InChI=1S/C12H18N2O4/c1-3-4-14-10(15)7-13-6-9-5-8(2)11(18-9)12(16)17/h5,13H,3-4,6-7H2,1-2H3,(H,14,15)(H,16,17). The molecule has 0 aliphatic heterocycles. The lowest BCUT2D eigenvalue weighted by molar-refractivity contribution is -0.120. The van der Waals surface area contributed by atoms with Crippen LogP contribution in [0.25, 0.3) is 0 Å². The summed E-state index contributed by atoms with van der Waals surface area (Å²) in [7, 11) is 0. The zero-order chi connectivity index (χ0) is 13.5. The van der Waals surface area contributed by atoms with Crippen molar-refractivity contribution in [2.45, 2.75) is 26.8 Å². The van der Waals surface area contributed by atoms with Crippen molar-refractivity contribution in [2.75, 3.05) is 13.1 Å². The fourth-order valence-electron chi connectivity index (χ4n) is 1.47. The van der Waals surface area contributed by atoms with Crippen LogP contribution < -0.4 is 10.6 Å². The molecule has 1 rings (SSSR count). The van der Waals surface area contributed by atoms with Crippen molar-refractivity contribution in [2.24, 2.45) is 0 Å². The molecule has 0 radical (unpaired) electrons. The Morgan fingerprint density at radius 1 is 1.44 bits per heavy atom. The van der Waals surface area contributed by atoms with Crippen molar-refractivity contribution in [3.8, 4) is 0 Å². The zero-order valence-electron chi connectivity index (χ0n) is 10.6. The average Bonchev–Trinajstić information content (AvgIpc) is 2.68. The van der Waals surface area contributed by atoms with Gasteiger partial charge in [-0.15, -0.1) is 0 Å². The molecule has 0 aliphatic rings. The van der Waals surface area contributed by atoms with Gasteiger partial charge >= 0.3 is 5.97 Å². The van der Waals surface area contributed by atoms with Crippen molar-refractivity contribution < 1.29 is 19.1 Å².